The molecular weight excluding hydrogens is 246 g/mol. The zero-order chi connectivity index (χ0) is 14.1. The Kier molecular flexibility index (Phi) is 9.30. The maximum absolute atomic E-state index is 5.90. The first-order valence-electron chi connectivity index (χ1n) is 6.82. The molecule has 0 aliphatic carbocycles. The summed E-state index contributed by atoms with van der Waals surface area (Å²) >= 11 is 1.90. The van der Waals surface area contributed by atoms with Gasteiger partial charge in [0, 0.05) is 25.5 Å². The summed E-state index contributed by atoms with van der Waals surface area (Å²) in [7, 11) is 0. The van der Waals surface area contributed by atoms with Crippen LogP contribution in [0.15, 0.2) is 0 Å². The minimum absolute atomic E-state index is 0.0606. The molecule has 18 heavy (non-hydrogen) atoms. The molecule has 0 aliphatic heterocycles. The standard InChI is InChI=1S/C14H31NO2S/c1-13(2,3)16-10-7-14(4,5)17-9-6-11-18-12-8-15/h6-12,15H2,1-5H3. The van der Waals surface area contributed by atoms with E-state index in [9.17, 15) is 0 Å². The van der Waals surface area contributed by atoms with E-state index in [0.29, 0.717) is 0 Å². The fraction of sp³-hybridized carbons (Fsp3) is 1.00. The Balaban J connectivity index is 3.55. The monoisotopic (exact) mass is 277 g/mol. The van der Waals surface area contributed by atoms with E-state index in [1.54, 1.807) is 0 Å². The first kappa shape index (κ1) is 18.2. The molecule has 0 unspecified atom stereocenters. The van der Waals surface area contributed by atoms with Gasteiger partial charge in [0.05, 0.1) is 11.2 Å². The summed E-state index contributed by atoms with van der Waals surface area (Å²) in [5.41, 5.74) is 5.28. The third kappa shape index (κ3) is 12.7. The van der Waals surface area contributed by atoms with Crippen LogP contribution in [0.3, 0.4) is 0 Å². The normalized spacial score (nSPS) is 13.0. The summed E-state index contributed by atoms with van der Waals surface area (Å²) in [6, 6.07) is 0. The Morgan fingerprint density at radius 2 is 1.61 bits per heavy atom. The molecule has 0 spiro atoms. The highest BCUT2D eigenvalue weighted by molar-refractivity contribution is 7.99. The van der Waals surface area contributed by atoms with Crippen molar-refractivity contribution in [1.29, 1.82) is 0 Å². The van der Waals surface area contributed by atoms with E-state index in [4.69, 9.17) is 15.2 Å². The van der Waals surface area contributed by atoms with Gasteiger partial charge in [-0.1, -0.05) is 0 Å². The van der Waals surface area contributed by atoms with Crippen molar-refractivity contribution < 1.29 is 9.47 Å². The van der Waals surface area contributed by atoms with Crippen molar-refractivity contribution in [2.45, 2.75) is 58.7 Å². The van der Waals surface area contributed by atoms with Gasteiger partial charge in [0.1, 0.15) is 0 Å². The van der Waals surface area contributed by atoms with Crippen LogP contribution < -0.4 is 5.73 Å². The Hall–Kier alpha value is 0.230. The van der Waals surface area contributed by atoms with E-state index >= 15 is 0 Å². The van der Waals surface area contributed by atoms with E-state index in [2.05, 4.69) is 34.6 Å². The van der Waals surface area contributed by atoms with Gasteiger partial charge >= 0.3 is 0 Å². The van der Waals surface area contributed by atoms with Crippen LogP contribution in [0.4, 0.5) is 0 Å². The second-order valence-corrected chi connectivity index (χ2v) is 7.30. The molecule has 0 heterocycles. The molecule has 0 aromatic rings. The molecule has 0 saturated carbocycles. The van der Waals surface area contributed by atoms with Crippen LogP contribution in [0.2, 0.25) is 0 Å². The molecule has 0 radical (unpaired) electrons. The minimum Gasteiger partial charge on any atom is -0.376 e. The minimum atomic E-state index is -0.0935. The van der Waals surface area contributed by atoms with Gasteiger partial charge in [-0.3, -0.25) is 0 Å². The molecule has 0 rings (SSSR count). The number of thioether (sulfide) groups is 1. The molecule has 4 heteroatoms. The molecule has 0 bridgehead atoms. The van der Waals surface area contributed by atoms with Crippen LogP contribution in [0.1, 0.15) is 47.5 Å². The van der Waals surface area contributed by atoms with E-state index in [0.717, 1.165) is 44.1 Å². The molecule has 0 fully saturated rings. The maximum Gasteiger partial charge on any atom is 0.0648 e. The number of ether oxygens (including phenoxy) is 2. The van der Waals surface area contributed by atoms with Gasteiger partial charge < -0.3 is 15.2 Å². The summed E-state index contributed by atoms with van der Waals surface area (Å²) in [4.78, 5) is 0. The number of rotatable bonds is 10. The SMILES string of the molecule is CC(C)(C)OCCC(C)(C)OCCCSCCN. The molecule has 110 valence electrons. The molecule has 0 saturated heterocycles. The summed E-state index contributed by atoms with van der Waals surface area (Å²) in [5.74, 6) is 2.18. The molecule has 0 aliphatic rings. The van der Waals surface area contributed by atoms with E-state index in [1.807, 2.05) is 11.8 Å². The van der Waals surface area contributed by atoms with Gasteiger partial charge in [-0.05, 0) is 53.2 Å². The predicted octanol–water partition coefficient (Wildman–Crippen LogP) is 3.07. The molecule has 3 nitrogen and oxygen atoms in total. The smallest absolute Gasteiger partial charge is 0.0648 e. The van der Waals surface area contributed by atoms with Crippen molar-refractivity contribution in [2.24, 2.45) is 5.73 Å². The van der Waals surface area contributed by atoms with Gasteiger partial charge in [0.15, 0.2) is 0 Å². The second kappa shape index (κ2) is 9.18. The third-order valence-corrected chi connectivity index (χ3v) is 3.53. The van der Waals surface area contributed by atoms with E-state index in [-0.39, 0.29) is 11.2 Å². The lowest BCUT2D eigenvalue weighted by Gasteiger charge is -2.27. The van der Waals surface area contributed by atoms with Crippen molar-refractivity contribution in [3.05, 3.63) is 0 Å². The van der Waals surface area contributed by atoms with Crippen LogP contribution >= 0.6 is 11.8 Å². The molecular formula is C14H31NO2S. The Morgan fingerprint density at radius 1 is 0.944 bits per heavy atom. The molecule has 2 N–H and O–H groups in total. The lowest BCUT2D eigenvalue weighted by atomic mass is 10.1. The fourth-order valence-corrected chi connectivity index (χ4v) is 2.06. The average Bonchev–Trinajstić information content (AvgIpc) is 2.21. The van der Waals surface area contributed by atoms with E-state index < -0.39 is 0 Å². The van der Waals surface area contributed by atoms with Crippen LogP contribution in [0.5, 0.6) is 0 Å². The van der Waals surface area contributed by atoms with Gasteiger partial charge in [0.2, 0.25) is 0 Å². The zero-order valence-corrected chi connectivity index (χ0v) is 13.6. The highest BCUT2D eigenvalue weighted by Crippen LogP contribution is 2.17. The quantitative estimate of drug-likeness (QED) is 0.623. The first-order valence-corrected chi connectivity index (χ1v) is 7.98. The topological polar surface area (TPSA) is 44.5 Å². The summed E-state index contributed by atoms with van der Waals surface area (Å²) in [6.45, 7) is 12.8. The van der Waals surface area contributed by atoms with Gasteiger partial charge in [-0.15, -0.1) is 0 Å². The van der Waals surface area contributed by atoms with Crippen molar-refractivity contribution >= 4 is 11.8 Å². The number of hydrogen-bond acceptors (Lipinski definition) is 4. The Morgan fingerprint density at radius 3 is 2.17 bits per heavy atom. The van der Waals surface area contributed by atoms with Crippen molar-refractivity contribution in [1.82, 2.24) is 0 Å². The van der Waals surface area contributed by atoms with Crippen LogP contribution in [-0.2, 0) is 9.47 Å². The van der Waals surface area contributed by atoms with Crippen LogP contribution in [-0.4, -0.2) is 42.5 Å². The van der Waals surface area contributed by atoms with Crippen LogP contribution in [0, 0.1) is 0 Å². The fourth-order valence-electron chi connectivity index (χ4n) is 1.37. The molecule has 0 aromatic heterocycles. The van der Waals surface area contributed by atoms with Gasteiger partial charge in [-0.25, -0.2) is 0 Å². The van der Waals surface area contributed by atoms with Crippen LogP contribution in [0.25, 0.3) is 0 Å². The van der Waals surface area contributed by atoms with E-state index in [1.165, 1.54) is 0 Å². The number of hydrogen-bond donors (Lipinski definition) is 1. The lowest BCUT2D eigenvalue weighted by Crippen LogP contribution is -2.29. The third-order valence-electron chi connectivity index (χ3n) is 2.43. The Bertz CT molecular complexity index is 202. The molecule has 0 atom stereocenters. The highest BCUT2D eigenvalue weighted by atomic mass is 32.2. The highest BCUT2D eigenvalue weighted by Gasteiger charge is 2.19. The van der Waals surface area contributed by atoms with Gasteiger partial charge in [0.25, 0.3) is 0 Å². The van der Waals surface area contributed by atoms with Gasteiger partial charge in [-0.2, -0.15) is 11.8 Å². The Labute approximate surface area is 117 Å². The van der Waals surface area contributed by atoms with Crippen molar-refractivity contribution in [3.63, 3.8) is 0 Å². The van der Waals surface area contributed by atoms with Crippen molar-refractivity contribution in [3.8, 4) is 0 Å². The predicted molar refractivity (Wildman–Crippen MR) is 81.3 cm³/mol. The molecule has 0 aromatic carbocycles. The summed E-state index contributed by atoms with van der Waals surface area (Å²) < 4.78 is 11.6. The largest absolute Gasteiger partial charge is 0.376 e. The molecule has 0 amide bonds. The average molecular weight is 277 g/mol. The summed E-state index contributed by atoms with van der Waals surface area (Å²) in [5, 5.41) is 0. The lowest BCUT2D eigenvalue weighted by molar-refractivity contribution is -0.0660. The zero-order valence-electron chi connectivity index (χ0n) is 12.8. The number of nitrogens with two attached hydrogens (primary N) is 1. The first-order chi connectivity index (χ1) is 8.27. The summed E-state index contributed by atoms with van der Waals surface area (Å²) in [6.07, 6.45) is 2.02. The second-order valence-electron chi connectivity index (χ2n) is 6.07. The van der Waals surface area contributed by atoms with Crippen molar-refractivity contribution in [2.75, 3.05) is 31.3 Å². The maximum atomic E-state index is 5.90.